The molecule has 21 heavy (non-hydrogen) atoms. The van der Waals surface area contributed by atoms with Crippen molar-refractivity contribution >= 4 is 5.91 Å². The zero-order valence-electron chi connectivity index (χ0n) is 12.9. The summed E-state index contributed by atoms with van der Waals surface area (Å²) in [6.07, 6.45) is 5.28. The van der Waals surface area contributed by atoms with Gasteiger partial charge < -0.3 is 15.4 Å². The zero-order valence-corrected chi connectivity index (χ0v) is 12.9. The van der Waals surface area contributed by atoms with Gasteiger partial charge in [-0.05, 0) is 50.4 Å². The van der Waals surface area contributed by atoms with Gasteiger partial charge in [-0.2, -0.15) is 0 Å². The van der Waals surface area contributed by atoms with Gasteiger partial charge in [0.1, 0.15) is 5.75 Å². The summed E-state index contributed by atoms with van der Waals surface area (Å²) in [7, 11) is 0. The maximum atomic E-state index is 11.9. The van der Waals surface area contributed by atoms with E-state index < -0.39 is 0 Å². The molecule has 1 aromatic carbocycles. The lowest BCUT2D eigenvalue weighted by Crippen LogP contribution is -2.35. The van der Waals surface area contributed by atoms with E-state index in [4.69, 9.17) is 4.74 Å². The summed E-state index contributed by atoms with van der Waals surface area (Å²) in [5.74, 6) is 0.986. The summed E-state index contributed by atoms with van der Waals surface area (Å²) in [5.41, 5.74) is 1.07. The third-order valence-corrected chi connectivity index (χ3v) is 3.83. The molecule has 1 unspecified atom stereocenters. The summed E-state index contributed by atoms with van der Waals surface area (Å²) in [6.45, 7) is 4.28. The van der Waals surface area contributed by atoms with E-state index in [1.165, 1.54) is 19.3 Å². The van der Waals surface area contributed by atoms with Crippen molar-refractivity contribution in [2.24, 2.45) is 0 Å². The molecule has 0 radical (unpaired) electrons. The molecule has 2 rings (SSSR count). The molecule has 4 nitrogen and oxygen atoms in total. The molecule has 116 valence electrons. The molecular formula is C17H26N2O2. The van der Waals surface area contributed by atoms with Crippen LogP contribution < -0.4 is 15.4 Å². The molecule has 0 aromatic heterocycles. The number of piperidine rings is 1. The number of rotatable bonds is 7. The Balaban J connectivity index is 1.69. The molecule has 0 saturated carbocycles. The van der Waals surface area contributed by atoms with Gasteiger partial charge in [0.05, 0.1) is 6.61 Å². The number of carbonyl (C=O) groups excluding carboxylic acids is 1. The van der Waals surface area contributed by atoms with Crippen molar-refractivity contribution in [3.05, 3.63) is 29.8 Å². The fraction of sp³-hybridized carbons (Fsp3) is 0.588. The third kappa shape index (κ3) is 5.76. The van der Waals surface area contributed by atoms with Crippen LogP contribution >= 0.6 is 0 Å². The number of amides is 1. The molecule has 1 aromatic rings. The lowest BCUT2D eigenvalue weighted by Gasteiger charge is -2.23. The van der Waals surface area contributed by atoms with Crippen LogP contribution in [0, 0.1) is 0 Å². The van der Waals surface area contributed by atoms with Crippen LogP contribution in [0.4, 0.5) is 0 Å². The largest absolute Gasteiger partial charge is 0.494 e. The predicted octanol–water partition coefficient (Wildman–Crippen LogP) is 2.62. The Hall–Kier alpha value is -1.55. The Bertz CT molecular complexity index is 442. The topological polar surface area (TPSA) is 50.4 Å². The van der Waals surface area contributed by atoms with E-state index in [-0.39, 0.29) is 5.91 Å². The molecule has 4 heteroatoms. The standard InChI is InChI=1S/C17H26N2O2/c1-2-21-16-8-5-6-14(12-16)13-19-17(20)10-9-15-7-3-4-11-18-15/h5-6,8,12,15,18H,2-4,7,9-11,13H2,1H3,(H,19,20). The predicted molar refractivity (Wildman–Crippen MR) is 84.3 cm³/mol. The van der Waals surface area contributed by atoms with Gasteiger partial charge in [0.15, 0.2) is 0 Å². The lowest BCUT2D eigenvalue weighted by molar-refractivity contribution is -0.121. The van der Waals surface area contributed by atoms with Crippen LogP contribution in [-0.2, 0) is 11.3 Å². The second-order valence-corrected chi connectivity index (χ2v) is 5.54. The molecule has 0 bridgehead atoms. The first-order valence-corrected chi connectivity index (χ1v) is 7.99. The Kier molecular flexibility index (Phi) is 6.54. The van der Waals surface area contributed by atoms with E-state index in [0.29, 0.717) is 25.6 Å². The van der Waals surface area contributed by atoms with Gasteiger partial charge in [-0.15, -0.1) is 0 Å². The van der Waals surface area contributed by atoms with Crippen LogP contribution in [0.5, 0.6) is 5.75 Å². The Labute approximate surface area is 127 Å². The van der Waals surface area contributed by atoms with Crippen molar-refractivity contribution in [1.82, 2.24) is 10.6 Å². The summed E-state index contributed by atoms with van der Waals surface area (Å²) in [4.78, 5) is 11.9. The highest BCUT2D eigenvalue weighted by atomic mass is 16.5. The van der Waals surface area contributed by atoms with Gasteiger partial charge in [0.2, 0.25) is 5.91 Å². The second-order valence-electron chi connectivity index (χ2n) is 5.54. The van der Waals surface area contributed by atoms with Gasteiger partial charge >= 0.3 is 0 Å². The van der Waals surface area contributed by atoms with E-state index in [0.717, 1.165) is 24.3 Å². The number of ether oxygens (including phenoxy) is 1. The van der Waals surface area contributed by atoms with E-state index in [2.05, 4.69) is 10.6 Å². The van der Waals surface area contributed by atoms with Gasteiger partial charge in [-0.25, -0.2) is 0 Å². The highest BCUT2D eigenvalue weighted by molar-refractivity contribution is 5.75. The normalized spacial score (nSPS) is 18.2. The first-order valence-electron chi connectivity index (χ1n) is 7.99. The Morgan fingerprint density at radius 1 is 1.43 bits per heavy atom. The van der Waals surface area contributed by atoms with Gasteiger partial charge in [0.25, 0.3) is 0 Å². The maximum Gasteiger partial charge on any atom is 0.220 e. The number of hydrogen-bond acceptors (Lipinski definition) is 3. The number of nitrogens with one attached hydrogen (secondary N) is 2. The molecule has 2 N–H and O–H groups in total. The molecule has 1 saturated heterocycles. The zero-order chi connectivity index (χ0) is 14.9. The molecule has 1 aliphatic heterocycles. The number of hydrogen-bond donors (Lipinski definition) is 2. The molecular weight excluding hydrogens is 264 g/mol. The average molecular weight is 290 g/mol. The second kappa shape index (κ2) is 8.67. The van der Waals surface area contributed by atoms with Crippen molar-refractivity contribution < 1.29 is 9.53 Å². The lowest BCUT2D eigenvalue weighted by atomic mass is 10.0. The number of benzene rings is 1. The average Bonchev–Trinajstić information content (AvgIpc) is 2.53. The first kappa shape index (κ1) is 15.8. The van der Waals surface area contributed by atoms with Crippen molar-refractivity contribution in [3.63, 3.8) is 0 Å². The molecule has 1 aliphatic rings. The smallest absolute Gasteiger partial charge is 0.220 e. The highest BCUT2D eigenvalue weighted by Gasteiger charge is 2.13. The van der Waals surface area contributed by atoms with Crippen LogP contribution in [0.1, 0.15) is 44.6 Å². The Morgan fingerprint density at radius 2 is 2.33 bits per heavy atom. The SMILES string of the molecule is CCOc1cccc(CNC(=O)CCC2CCCCN2)c1. The van der Waals surface area contributed by atoms with Crippen LogP contribution in [0.2, 0.25) is 0 Å². The van der Waals surface area contributed by atoms with E-state index >= 15 is 0 Å². The van der Waals surface area contributed by atoms with Crippen LogP contribution in [0.3, 0.4) is 0 Å². The summed E-state index contributed by atoms with van der Waals surface area (Å²) >= 11 is 0. The summed E-state index contributed by atoms with van der Waals surface area (Å²) in [5, 5.41) is 6.46. The fourth-order valence-electron chi connectivity index (χ4n) is 2.68. The minimum Gasteiger partial charge on any atom is -0.494 e. The monoisotopic (exact) mass is 290 g/mol. The fourth-order valence-corrected chi connectivity index (χ4v) is 2.68. The van der Waals surface area contributed by atoms with Crippen molar-refractivity contribution in [3.8, 4) is 5.75 Å². The summed E-state index contributed by atoms with van der Waals surface area (Å²) < 4.78 is 5.46. The van der Waals surface area contributed by atoms with Crippen LogP contribution in [-0.4, -0.2) is 25.1 Å². The van der Waals surface area contributed by atoms with Gasteiger partial charge in [-0.1, -0.05) is 18.6 Å². The van der Waals surface area contributed by atoms with E-state index in [1.54, 1.807) is 0 Å². The van der Waals surface area contributed by atoms with Gasteiger partial charge in [0, 0.05) is 19.0 Å². The van der Waals surface area contributed by atoms with Gasteiger partial charge in [-0.3, -0.25) is 4.79 Å². The molecule has 1 amide bonds. The Morgan fingerprint density at radius 3 is 3.10 bits per heavy atom. The molecule has 0 spiro atoms. The first-order chi connectivity index (χ1) is 10.3. The van der Waals surface area contributed by atoms with Crippen molar-refractivity contribution in [2.45, 2.75) is 51.6 Å². The van der Waals surface area contributed by atoms with E-state index in [9.17, 15) is 4.79 Å². The molecule has 1 atom stereocenters. The molecule has 1 fully saturated rings. The minimum absolute atomic E-state index is 0.129. The highest BCUT2D eigenvalue weighted by Crippen LogP contribution is 2.14. The number of carbonyl (C=O) groups is 1. The van der Waals surface area contributed by atoms with E-state index in [1.807, 2.05) is 31.2 Å². The molecule has 0 aliphatic carbocycles. The third-order valence-electron chi connectivity index (χ3n) is 3.83. The van der Waals surface area contributed by atoms with Crippen LogP contribution in [0.15, 0.2) is 24.3 Å². The molecule has 1 heterocycles. The van der Waals surface area contributed by atoms with Crippen LogP contribution in [0.25, 0.3) is 0 Å². The minimum atomic E-state index is 0.129. The summed E-state index contributed by atoms with van der Waals surface area (Å²) in [6, 6.07) is 8.39. The maximum absolute atomic E-state index is 11.9. The van der Waals surface area contributed by atoms with Crippen molar-refractivity contribution in [2.75, 3.05) is 13.2 Å². The quantitative estimate of drug-likeness (QED) is 0.811. The van der Waals surface area contributed by atoms with Crippen molar-refractivity contribution in [1.29, 1.82) is 0 Å².